The zero-order chi connectivity index (χ0) is 14.1. The number of hydrogen-bond donors (Lipinski definition) is 1. The van der Waals surface area contributed by atoms with Crippen molar-refractivity contribution in [1.29, 1.82) is 0 Å². The lowest BCUT2D eigenvalue weighted by molar-refractivity contribution is 0.0671. The first-order valence-electron chi connectivity index (χ1n) is 7.12. The molecule has 1 saturated heterocycles. The van der Waals surface area contributed by atoms with Gasteiger partial charge in [-0.15, -0.1) is 0 Å². The maximum atomic E-state index is 12.6. The number of fused-ring (bicyclic) bond motifs is 1. The number of benzene rings is 1. The number of nitrogens with two attached hydrogens (primary N) is 1. The Hall–Kier alpha value is -1.62. The molecule has 1 amide bonds. The van der Waals surface area contributed by atoms with Gasteiger partial charge in [0.05, 0.1) is 10.2 Å². The average Bonchev–Trinajstić information content (AvgIpc) is 2.85. The molecule has 2 aromatic rings. The number of nitrogen functional groups attached to an aromatic ring is 1. The summed E-state index contributed by atoms with van der Waals surface area (Å²) in [6, 6.07) is 5.66. The summed E-state index contributed by atoms with van der Waals surface area (Å²) >= 11 is 1.43. The molecule has 1 unspecified atom stereocenters. The van der Waals surface area contributed by atoms with E-state index < -0.39 is 0 Å². The molecule has 4 nitrogen and oxygen atoms in total. The first-order valence-corrected chi connectivity index (χ1v) is 7.94. The summed E-state index contributed by atoms with van der Waals surface area (Å²) in [6.07, 6.45) is 3.50. The predicted octanol–water partition coefficient (Wildman–Crippen LogP) is 3.14. The van der Waals surface area contributed by atoms with Gasteiger partial charge < -0.3 is 10.6 Å². The van der Waals surface area contributed by atoms with Gasteiger partial charge in [0.2, 0.25) is 0 Å². The molecular formula is C15H19N3OS. The summed E-state index contributed by atoms with van der Waals surface area (Å²) in [5.41, 5.74) is 7.33. The highest BCUT2D eigenvalue weighted by molar-refractivity contribution is 7.22. The number of likely N-dealkylation sites (tertiary alicyclic amines) is 1. The van der Waals surface area contributed by atoms with Crippen LogP contribution in [0.15, 0.2) is 18.2 Å². The molecule has 0 aliphatic carbocycles. The quantitative estimate of drug-likeness (QED) is 0.924. The van der Waals surface area contributed by atoms with E-state index in [2.05, 4.69) is 11.9 Å². The number of hydrogen-bond acceptors (Lipinski definition) is 4. The van der Waals surface area contributed by atoms with Gasteiger partial charge in [0.15, 0.2) is 5.13 Å². The van der Waals surface area contributed by atoms with Crippen LogP contribution in [0.1, 0.15) is 36.5 Å². The minimum Gasteiger partial charge on any atom is -0.375 e. The van der Waals surface area contributed by atoms with E-state index in [1.165, 1.54) is 17.8 Å². The van der Waals surface area contributed by atoms with Crippen molar-refractivity contribution < 1.29 is 4.79 Å². The first kappa shape index (κ1) is 13.4. The number of amides is 1. The van der Waals surface area contributed by atoms with Crippen molar-refractivity contribution in [3.8, 4) is 0 Å². The third-order valence-corrected chi connectivity index (χ3v) is 4.88. The fourth-order valence-corrected chi connectivity index (χ4v) is 3.61. The van der Waals surface area contributed by atoms with E-state index in [0.717, 1.165) is 41.7 Å². The molecule has 2 N–H and O–H groups in total. The Balaban J connectivity index is 1.84. The smallest absolute Gasteiger partial charge is 0.253 e. The number of nitrogens with zero attached hydrogens (tertiary/aromatic N) is 2. The van der Waals surface area contributed by atoms with E-state index in [0.29, 0.717) is 11.0 Å². The molecule has 1 atom stereocenters. The molecule has 3 rings (SSSR count). The Kier molecular flexibility index (Phi) is 3.61. The highest BCUT2D eigenvalue weighted by Gasteiger charge is 2.23. The van der Waals surface area contributed by atoms with Crippen LogP contribution in [0.2, 0.25) is 0 Å². The van der Waals surface area contributed by atoms with Crippen LogP contribution in [0.5, 0.6) is 0 Å². The van der Waals surface area contributed by atoms with E-state index in [1.54, 1.807) is 0 Å². The first-order chi connectivity index (χ1) is 9.67. The summed E-state index contributed by atoms with van der Waals surface area (Å²) < 4.78 is 0.984. The highest BCUT2D eigenvalue weighted by Crippen LogP contribution is 2.26. The number of rotatable bonds is 2. The van der Waals surface area contributed by atoms with Crippen LogP contribution in [0.25, 0.3) is 10.2 Å². The molecule has 0 saturated carbocycles. The number of carbonyl (C=O) groups excluding carboxylic acids is 1. The zero-order valence-corrected chi connectivity index (χ0v) is 12.4. The second-order valence-electron chi connectivity index (χ2n) is 5.40. The summed E-state index contributed by atoms with van der Waals surface area (Å²) in [5.74, 6) is 0.785. The van der Waals surface area contributed by atoms with E-state index in [9.17, 15) is 4.79 Å². The third-order valence-electron chi connectivity index (χ3n) is 4.04. The summed E-state index contributed by atoms with van der Waals surface area (Å²) in [5, 5.41) is 0.550. The molecule has 1 aliphatic heterocycles. The molecule has 2 heterocycles. The number of thiazole rings is 1. The van der Waals surface area contributed by atoms with Gasteiger partial charge >= 0.3 is 0 Å². The monoisotopic (exact) mass is 289 g/mol. The maximum Gasteiger partial charge on any atom is 0.253 e. The van der Waals surface area contributed by atoms with Crippen molar-refractivity contribution >= 4 is 32.6 Å². The van der Waals surface area contributed by atoms with Crippen LogP contribution in [-0.4, -0.2) is 28.9 Å². The van der Waals surface area contributed by atoms with Crippen LogP contribution in [-0.2, 0) is 0 Å². The molecule has 1 aromatic heterocycles. The van der Waals surface area contributed by atoms with E-state index in [-0.39, 0.29) is 5.91 Å². The van der Waals surface area contributed by atoms with E-state index >= 15 is 0 Å². The highest BCUT2D eigenvalue weighted by atomic mass is 32.1. The van der Waals surface area contributed by atoms with Crippen LogP contribution >= 0.6 is 11.3 Å². The van der Waals surface area contributed by atoms with Crippen molar-refractivity contribution in [2.24, 2.45) is 5.92 Å². The number of carbonyl (C=O) groups is 1. The summed E-state index contributed by atoms with van der Waals surface area (Å²) in [6.45, 7) is 3.96. The van der Waals surface area contributed by atoms with E-state index in [4.69, 9.17) is 5.73 Å². The normalized spacial score (nSPS) is 19.4. The van der Waals surface area contributed by atoms with Crippen molar-refractivity contribution in [2.75, 3.05) is 18.8 Å². The Labute approximate surface area is 122 Å². The third kappa shape index (κ3) is 2.50. The lowest BCUT2D eigenvalue weighted by Gasteiger charge is -2.32. The van der Waals surface area contributed by atoms with Crippen LogP contribution < -0.4 is 5.73 Å². The van der Waals surface area contributed by atoms with Gasteiger partial charge in [-0.1, -0.05) is 24.7 Å². The molecule has 20 heavy (non-hydrogen) atoms. The Morgan fingerprint density at radius 3 is 3.20 bits per heavy atom. The van der Waals surface area contributed by atoms with Gasteiger partial charge in [0, 0.05) is 18.7 Å². The van der Waals surface area contributed by atoms with Crippen LogP contribution in [0.3, 0.4) is 0 Å². The molecule has 1 aliphatic rings. The fraction of sp³-hybridized carbons (Fsp3) is 0.467. The largest absolute Gasteiger partial charge is 0.375 e. The van der Waals surface area contributed by atoms with E-state index in [1.807, 2.05) is 23.1 Å². The lowest BCUT2D eigenvalue weighted by Crippen LogP contribution is -2.39. The summed E-state index contributed by atoms with van der Waals surface area (Å²) in [7, 11) is 0. The zero-order valence-electron chi connectivity index (χ0n) is 11.6. The molecule has 1 aromatic carbocycles. The number of aromatic nitrogens is 1. The van der Waals surface area contributed by atoms with Crippen molar-refractivity contribution in [3.63, 3.8) is 0 Å². The van der Waals surface area contributed by atoms with Gasteiger partial charge in [-0.2, -0.15) is 0 Å². The van der Waals surface area contributed by atoms with Gasteiger partial charge in [0.25, 0.3) is 5.91 Å². The molecule has 0 spiro atoms. The van der Waals surface area contributed by atoms with Gasteiger partial charge in [-0.25, -0.2) is 4.98 Å². The van der Waals surface area contributed by atoms with Gasteiger partial charge in [0.1, 0.15) is 0 Å². The molecule has 0 radical (unpaired) electrons. The Bertz CT molecular complexity index is 637. The molecular weight excluding hydrogens is 270 g/mol. The van der Waals surface area contributed by atoms with Crippen LogP contribution in [0.4, 0.5) is 5.13 Å². The topological polar surface area (TPSA) is 59.2 Å². The molecule has 1 fully saturated rings. The minimum atomic E-state index is 0.136. The van der Waals surface area contributed by atoms with Crippen molar-refractivity contribution in [1.82, 2.24) is 9.88 Å². The Morgan fingerprint density at radius 2 is 2.40 bits per heavy atom. The SMILES string of the molecule is CCC1CCCN(C(=O)c2ccc3nc(N)sc3c2)C1. The molecule has 106 valence electrons. The van der Waals surface area contributed by atoms with Gasteiger partial charge in [-0.3, -0.25) is 4.79 Å². The maximum absolute atomic E-state index is 12.6. The summed E-state index contributed by atoms with van der Waals surface area (Å²) in [4.78, 5) is 18.8. The predicted molar refractivity (Wildman–Crippen MR) is 83.0 cm³/mol. The number of anilines is 1. The molecule has 5 heteroatoms. The Morgan fingerprint density at radius 1 is 1.55 bits per heavy atom. The number of piperidine rings is 1. The lowest BCUT2D eigenvalue weighted by atomic mass is 9.95. The fourth-order valence-electron chi connectivity index (χ4n) is 2.84. The second kappa shape index (κ2) is 5.40. The second-order valence-corrected chi connectivity index (χ2v) is 6.46. The van der Waals surface area contributed by atoms with Crippen molar-refractivity contribution in [2.45, 2.75) is 26.2 Å². The van der Waals surface area contributed by atoms with Gasteiger partial charge in [-0.05, 0) is 37.0 Å². The molecule has 0 bridgehead atoms. The minimum absolute atomic E-state index is 0.136. The standard InChI is InChI=1S/C15H19N3OS/c1-2-10-4-3-7-18(9-10)14(19)11-5-6-12-13(8-11)20-15(16)17-12/h5-6,8,10H,2-4,7,9H2,1H3,(H2,16,17). The van der Waals surface area contributed by atoms with Crippen molar-refractivity contribution in [3.05, 3.63) is 23.8 Å². The average molecular weight is 289 g/mol. The van der Waals surface area contributed by atoms with Crippen LogP contribution in [0, 0.1) is 5.92 Å².